The van der Waals surface area contributed by atoms with E-state index in [0.29, 0.717) is 23.7 Å². The summed E-state index contributed by atoms with van der Waals surface area (Å²) in [5.41, 5.74) is 7.04. The molecule has 3 N–H and O–H groups in total. The van der Waals surface area contributed by atoms with Gasteiger partial charge in [0.25, 0.3) is 0 Å². The van der Waals surface area contributed by atoms with E-state index < -0.39 is 6.04 Å². The van der Waals surface area contributed by atoms with Crippen LogP contribution < -0.4 is 15.8 Å². The molecule has 0 fully saturated rings. The van der Waals surface area contributed by atoms with Gasteiger partial charge in [0.2, 0.25) is 11.8 Å². The highest BCUT2D eigenvalue weighted by molar-refractivity contribution is 5.96. The molecule has 0 saturated heterocycles. The second-order valence-corrected chi connectivity index (χ2v) is 4.20. The highest BCUT2D eigenvalue weighted by Gasteiger charge is 2.19. The lowest BCUT2D eigenvalue weighted by Crippen LogP contribution is -2.27. The maximum absolute atomic E-state index is 12.1. The smallest absolute Gasteiger partial charge is 0.246 e. The molecule has 1 unspecified atom stereocenters. The van der Waals surface area contributed by atoms with Crippen molar-refractivity contribution in [1.29, 1.82) is 0 Å². The molecule has 2 rings (SSSR count). The fourth-order valence-corrected chi connectivity index (χ4v) is 1.70. The van der Waals surface area contributed by atoms with Crippen LogP contribution in [-0.4, -0.2) is 27.3 Å². The number of hydrogen-bond donors (Lipinski definition) is 2. The third kappa shape index (κ3) is 3.12. The van der Waals surface area contributed by atoms with E-state index in [1.54, 1.807) is 42.5 Å². The molecule has 0 aliphatic rings. The van der Waals surface area contributed by atoms with Crippen LogP contribution in [-0.2, 0) is 11.8 Å². The van der Waals surface area contributed by atoms with Crippen LogP contribution in [0.4, 0.5) is 5.69 Å². The SMILES string of the molecule is CCOc1ncccc1NC(=O)C(N)c1cnn(C)c1. The van der Waals surface area contributed by atoms with E-state index in [1.165, 1.54) is 0 Å². The fourth-order valence-electron chi connectivity index (χ4n) is 1.70. The van der Waals surface area contributed by atoms with Crippen molar-refractivity contribution in [3.63, 3.8) is 0 Å². The summed E-state index contributed by atoms with van der Waals surface area (Å²) in [5, 5.41) is 6.71. The second-order valence-electron chi connectivity index (χ2n) is 4.20. The number of pyridine rings is 1. The highest BCUT2D eigenvalue weighted by atomic mass is 16.5. The van der Waals surface area contributed by atoms with Gasteiger partial charge in [0, 0.05) is 25.0 Å². The molecule has 2 aromatic heterocycles. The first kappa shape index (κ1) is 14.0. The number of hydrogen-bond acceptors (Lipinski definition) is 5. The fraction of sp³-hybridized carbons (Fsp3) is 0.308. The minimum atomic E-state index is -0.793. The molecule has 1 amide bonds. The van der Waals surface area contributed by atoms with Crippen LogP contribution in [0.25, 0.3) is 0 Å². The Morgan fingerprint density at radius 1 is 1.60 bits per heavy atom. The van der Waals surface area contributed by atoms with E-state index in [0.717, 1.165) is 0 Å². The number of carbonyl (C=O) groups excluding carboxylic acids is 1. The van der Waals surface area contributed by atoms with E-state index in [2.05, 4.69) is 15.4 Å². The van der Waals surface area contributed by atoms with Crippen molar-refractivity contribution in [2.75, 3.05) is 11.9 Å². The molecule has 2 aromatic rings. The number of aromatic nitrogens is 3. The third-order valence-electron chi connectivity index (χ3n) is 2.68. The number of aryl methyl sites for hydroxylation is 1. The van der Waals surface area contributed by atoms with Gasteiger partial charge >= 0.3 is 0 Å². The van der Waals surface area contributed by atoms with Gasteiger partial charge in [-0.25, -0.2) is 4.98 Å². The van der Waals surface area contributed by atoms with Crippen LogP contribution in [0.3, 0.4) is 0 Å². The van der Waals surface area contributed by atoms with Gasteiger partial charge in [-0.05, 0) is 19.1 Å². The minimum absolute atomic E-state index is 0.341. The summed E-state index contributed by atoms with van der Waals surface area (Å²) in [7, 11) is 1.77. The van der Waals surface area contributed by atoms with Crippen LogP contribution in [0.1, 0.15) is 18.5 Å². The van der Waals surface area contributed by atoms with Crippen LogP contribution in [0.15, 0.2) is 30.7 Å². The zero-order valence-electron chi connectivity index (χ0n) is 11.4. The van der Waals surface area contributed by atoms with E-state index >= 15 is 0 Å². The summed E-state index contributed by atoms with van der Waals surface area (Å²) < 4.78 is 6.94. The summed E-state index contributed by atoms with van der Waals surface area (Å²) in [6.07, 6.45) is 4.87. The van der Waals surface area contributed by atoms with Crippen LogP contribution >= 0.6 is 0 Å². The zero-order chi connectivity index (χ0) is 14.5. The van der Waals surface area contributed by atoms with E-state index in [4.69, 9.17) is 10.5 Å². The van der Waals surface area contributed by atoms with Crippen molar-refractivity contribution in [2.45, 2.75) is 13.0 Å². The predicted molar refractivity (Wildman–Crippen MR) is 74.2 cm³/mol. The lowest BCUT2D eigenvalue weighted by atomic mass is 10.1. The summed E-state index contributed by atoms with van der Waals surface area (Å²) in [5.74, 6) is 0.0358. The number of nitrogens with zero attached hydrogens (tertiary/aromatic N) is 3. The van der Waals surface area contributed by atoms with E-state index in [-0.39, 0.29) is 5.91 Å². The van der Waals surface area contributed by atoms with Gasteiger partial charge < -0.3 is 15.8 Å². The van der Waals surface area contributed by atoms with Crippen molar-refractivity contribution in [2.24, 2.45) is 12.8 Å². The lowest BCUT2D eigenvalue weighted by Gasteiger charge is -2.13. The molecule has 0 saturated carbocycles. The first-order valence-corrected chi connectivity index (χ1v) is 6.24. The van der Waals surface area contributed by atoms with Crippen molar-refractivity contribution in [3.05, 3.63) is 36.3 Å². The van der Waals surface area contributed by atoms with Gasteiger partial charge in [0.15, 0.2) is 0 Å². The quantitative estimate of drug-likeness (QED) is 0.843. The number of nitrogens with one attached hydrogen (secondary N) is 1. The first-order valence-electron chi connectivity index (χ1n) is 6.24. The average Bonchev–Trinajstić information content (AvgIpc) is 2.87. The van der Waals surface area contributed by atoms with Crippen LogP contribution in [0, 0.1) is 0 Å². The van der Waals surface area contributed by atoms with Gasteiger partial charge in [-0.1, -0.05) is 0 Å². The topological polar surface area (TPSA) is 95.1 Å². The number of amides is 1. The molecule has 1 atom stereocenters. The Bertz CT molecular complexity index is 596. The van der Waals surface area contributed by atoms with E-state index in [9.17, 15) is 4.79 Å². The second kappa shape index (κ2) is 6.16. The summed E-state index contributed by atoms with van der Waals surface area (Å²) >= 11 is 0. The first-order chi connectivity index (χ1) is 9.61. The maximum Gasteiger partial charge on any atom is 0.246 e. The van der Waals surface area contributed by atoms with Crippen molar-refractivity contribution in [1.82, 2.24) is 14.8 Å². The Balaban J connectivity index is 2.11. The Kier molecular flexibility index (Phi) is 4.31. The zero-order valence-corrected chi connectivity index (χ0v) is 11.4. The number of ether oxygens (including phenoxy) is 1. The van der Waals surface area contributed by atoms with Crippen molar-refractivity contribution >= 4 is 11.6 Å². The minimum Gasteiger partial charge on any atom is -0.476 e. The molecule has 7 heteroatoms. The number of anilines is 1. The Hall–Kier alpha value is -2.41. The highest BCUT2D eigenvalue weighted by Crippen LogP contribution is 2.22. The Labute approximate surface area is 116 Å². The third-order valence-corrected chi connectivity index (χ3v) is 2.68. The van der Waals surface area contributed by atoms with Crippen LogP contribution in [0.2, 0.25) is 0 Å². The van der Waals surface area contributed by atoms with Gasteiger partial charge in [-0.15, -0.1) is 0 Å². The molecule has 0 aromatic carbocycles. The molecule has 0 aliphatic heterocycles. The lowest BCUT2D eigenvalue weighted by molar-refractivity contribution is -0.117. The van der Waals surface area contributed by atoms with Crippen LogP contribution in [0.5, 0.6) is 5.88 Å². The number of nitrogens with two attached hydrogens (primary N) is 1. The summed E-state index contributed by atoms with van der Waals surface area (Å²) in [4.78, 5) is 16.2. The molecule has 0 radical (unpaired) electrons. The molecule has 0 spiro atoms. The molecular formula is C13H17N5O2. The summed E-state index contributed by atoms with van der Waals surface area (Å²) in [6.45, 7) is 2.32. The molecule has 2 heterocycles. The number of rotatable bonds is 5. The van der Waals surface area contributed by atoms with Gasteiger partial charge in [-0.3, -0.25) is 9.48 Å². The van der Waals surface area contributed by atoms with Gasteiger partial charge in [-0.2, -0.15) is 5.10 Å². The number of carbonyl (C=O) groups is 1. The Morgan fingerprint density at radius 2 is 2.40 bits per heavy atom. The summed E-state index contributed by atoms with van der Waals surface area (Å²) in [6, 6.07) is 2.64. The molecule has 0 aliphatic carbocycles. The predicted octanol–water partition coefficient (Wildman–Crippen LogP) is 0.852. The molecule has 106 valence electrons. The normalized spacial score (nSPS) is 11.9. The molecule has 0 bridgehead atoms. The van der Waals surface area contributed by atoms with Gasteiger partial charge in [0.1, 0.15) is 11.7 Å². The van der Waals surface area contributed by atoms with Crippen molar-refractivity contribution < 1.29 is 9.53 Å². The van der Waals surface area contributed by atoms with Gasteiger partial charge in [0.05, 0.1) is 12.8 Å². The monoisotopic (exact) mass is 275 g/mol. The standard InChI is InChI=1S/C13H17N5O2/c1-3-20-13-10(5-4-6-15-13)17-12(19)11(14)9-7-16-18(2)8-9/h4-8,11H,3,14H2,1-2H3,(H,17,19). The van der Waals surface area contributed by atoms with E-state index in [1.807, 2.05) is 6.92 Å². The largest absolute Gasteiger partial charge is 0.476 e. The van der Waals surface area contributed by atoms with Crippen molar-refractivity contribution in [3.8, 4) is 5.88 Å². The Morgan fingerprint density at radius 3 is 3.05 bits per heavy atom. The average molecular weight is 275 g/mol. The molecule has 7 nitrogen and oxygen atoms in total. The molecular weight excluding hydrogens is 258 g/mol. The maximum atomic E-state index is 12.1. The molecule has 20 heavy (non-hydrogen) atoms.